The van der Waals surface area contributed by atoms with Crippen molar-refractivity contribution in [2.45, 2.75) is 45.1 Å². The van der Waals surface area contributed by atoms with E-state index in [4.69, 9.17) is 4.74 Å². The molecule has 0 amide bonds. The van der Waals surface area contributed by atoms with Crippen molar-refractivity contribution in [1.29, 1.82) is 0 Å². The summed E-state index contributed by atoms with van der Waals surface area (Å²) in [6.07, 6.45) is 5.77. The van der Waals surface area contributed by atoms with Gasteiger partial charge < -0.3 is 15.4 Å². The van der Waals surface area contributed by atoms with E-state index in [1.807, 2.05) is 43.3 Å². The summed E-state index contributed by atoms with van der Waals surface area (Å²) in [7, 11) is 1.62. The van der Waals surface area contributed by atoms with Gasteiger partial charge in [0.05, 0.1) is 29.6 Å². The molecule has 0 saturated heterocycles. The third-order valence-corrected chi connectivity index (χ3v) is 6.66. The normalized spacial score (nSPS) is 15.6. The van der Waals surface area contributed by atoms with Crippen molar-refractivity contribution in [3.63, 3.8) is 0 Å². The van der Waals surface area contributed by atoms with Crippen LogP contribution in [0.2, 0.25) is 0 Å². The number of methoxy groups -OCH3 is 1. The summed E-state index contributed by atoms with van der Waals surface area (Å²) in [5.41, 5.74) is 4.96. The lowest BCUT2D eigenvalue weighted by Crippen LogP contribution is -2.27. The number of ether oxygens (including phenoxy) is 1. The Hall–Kier alpha value is -3.60. The molecule has 0 radical (unpaired) electrons. The van der Waals surface area contributed by atoms with Gasteiger partial charge in [-0.25, -0.2) is 0 Å². The van der Waals surface area contributed by atoms with Gasteiger partial charge in [-0.05, 0) is 49.6 Å². The maximum Gasteiger partial charge on any atom is 0.196 e. The number of carbonyl (C=O) groups is 2. The minimum Gasteiger partial charge on any atom is -0.495 e. The average Bonchev–Trinajstić information content (AvgIpc) is 2.84. The number of hydrogen-bond acceptors (Lipinski definition) is 5. The Balaban J connectivity index is 1.64. The number of fused-ring (bicyclic) bond motifs is 2. The molecule has 5 heteroatoms. The van der Waals surface area contributed by atoms with Crippen LogP contribution < -0.4 is 15.4 Å². The molecule has 5 nitrogen and oxygen atoms in total. The number of rotatable bonds is 5. The molecule has 0 aliphatic heterocycles. The van der Waals surface area contributed by atoms with Crippen LogP contribution in [0.25, 0.3) is 0 Å². The smallest absolute Gasteiger partial charge is 0.196 e. The molecule has 0 atom stereocenters. The van der Waals surface area contributed by atoms with Gasteiger partial charge in [0.25, 0.3) is 0 Å². The quantitative estimate of drug-likeness (QED) is 0.383. The molecule has 1 fully saturated rings. The van der Waals surface area contributed by atoms with Crippen molar-refractivity contribution < 1.29 is 14.3 Å². The van der Waals surface area contributed by atoms with Gasteiger partial charge in [0.15, 0.2) is 11.6 Å². The molecular weight excluding hydrogens is 412 g/mol. The van der Waals surface area contributed by atoms with Crippen LogP contribution in [0.4, 0.5) is 17.1 Å². The van der Waals surface area contributed by atoms with Gasteiger partial charge in [0, 0.05) is 22.9 Å². The molecule has 0 heterocycles. The molecule has 0 aromatic heterocycles. The van der Waals surface area contributed by atoms with Crippen LogP contribution in [0.5, 0.6) is 5.75 Å². The Morgan fingerprint density at radius 3 is 2.09 bits per heavy atom. The molecule has 2 aliphatic rings. The summed E-state index contributed by atoms with van der Waals surface area (Å²) < 4.78 is 5.52. The highest BCUT2D eigenvalue weighted by molar-refractivity contribution is 6.32. The Bertz CT molecular complexity index is 1240. The molecule has 33 heavy (non-hydrogen) atoms. The van der Waals surface area contributed by atoms with Crippen LogP contribution in [0.15, 0.2) is 54.6 Å². The lowest BCUT2D eigenvalue weighted by molar-refractivity contribution is 0.0980. The van der Waals surface area contributed by atoms with Crippen molar-refractivity contribution in [3.05, 3.63) is 82.4 Å². The van der Waals surface area contributed by atoms with Gasteiger partial charge in [-0.1, -0.05) is 49.6 Å². The summed E-state index contributed by atoms with van der Waals surface area (Å²) in [4.78, 5) is 27.3. The van der Waals surface area contributed by atoms with Crippen molar-refractivity contribution in [2.24, 2.45) is 0 Å². The minimum atomic E-state index is -0.137. The van der Waals surface area contributed by atoms with Gasteiger partial charge in [-0.2, -0.15) is 0 Å². The molecule has 0 bridgehead atoms. The molecule has 0 spiro atoms. The first-order chi connectivity index (χ1) is 16.1. The molecule has 1 saturated carbocycles. The predicted octanol–water partition coefficient (Wildman–Crippen LogP) is 6.27. The second-order valence-electron chi connectivity index (χ2n) is 8.92. The molecule has 3 aromatic carbocycles. The topological polar surface area (TPSA) is 67.4 Å². The van der Waals surface area contributed by atoms with Crippen molar-refractivity contribution in [2.75, 3.05) is 17.7 Å². The van der Waals surface area contributed by atoms with Gasteiger partial charge in [-0.3, -0.25) is 9.59 Å². The zero-order valence-electron chi connectivity index (χ0n) is 19.0. The lowest BCUT2D eigenvalue weighted by atomic mass is 9.82. The number of aryl methyl sites for hydroxylation is 1. The predicted molar refractivity (Wildman–Crippen MR) is 131 cm³/mol. The Morgan fingerprint density at radius 2 is 1.42 bits per heavy atom. The first-order valence-electron chi connectivity index (χ1n) is 11.6. The fraction of sp³-hybridized carbons (Fsp3) is 0.286. The molecule has 0 unspecified atom stereocenters. The van der Waals surface area contributed by atoms with E-state index in [1.54, 1.807) is 25.3 Å². The summed E-state index contributed by atoms with van der Waals surface area (Å²) in [5.74, 6) is 0.425. The van der Waals surface area contributed by atoms with E-state index in [0.29, 0.717) is 39.7 Å². The van der Waals surface area contributed by atoms with Gasteiger partial charge in [0.1, 0.15) is 5.75 Å². The standard InChI is InChI=1S/C28H28N2O3/c1-17-12-15-24(33-2)23(16-17)30-22-14-13-21(29-18-8-4-3-5-9-18)25-26(22)28(32)20-11-7-6-10-19(20)27(25)31/h6-7,10-16,18,29-30H,3-5,8-9H2,1-2H3. The third-order valence-electron chi connectivity index (χ3n) is 6.66. The fourth-order valence-electron chi connectivity index (χ4n) is 4.98. The van der Waals surface area contributed by atoms with E-state index in [2.05, 4.69) is 10.6 Å². The largest absolute Gasteiger partial charge is 0.495 e. The number of anilines is 3. The molecule has 2 N–H and O–H groups in total. The summed E-state index contributed by atoms with van der Waals surface area (Å²) in [5, 5.41) is 6.97. The van der Waals surface area contributed by atoms with Crippen LogP contribution in [-0.4, -0.2) is 24.7 Å². The highest BCUT2D eigenvalue weighted by atomic mass is 16.5. The van der Waals surface area contributed by atoms with Crippen molar-refractivity contribution in [1.82, 2.24) is 0 Å². The van der Waals surface area contributed by atoms with E-state index < -0.39 is 0 Å². The first kappa shape index (κ1) is 21.3. The van der Waals surface area contributed by atoms with Crippen molar-refractivity contribution >= 4 is 28.6 Å². The van der Waals surface area contributed by atoms with E-state index in [-0.39, 0.29) is 11.6 Å². The SMILES string of the molecule is COc1ccc(C)cc1Nc1ccc(NC2CCCCC2)c2c1C(=O)c1ccccc1C2=O. The van der Waals surface area contributed by atoms with E-state index in [0.717, 1.165) is 29.8 Å². The van der Waals surface area contributed by atoms with E-state index in [1.165, 1.54) is 19.3 Å². The Kier molecular flexibility index (Phi) is 5.63. The monoisotopic (exact) mass is 440 g/mol. The van der Waals surface area contributed by atoms with Gasteiger partial charge >= 0.3 is 0 Å². The number of ketones is 2. The van der Waals surface area contributed by atoms with E-state index in [9.17, 15) is 9.59 Å². The minimum absolute atomic E-state index is 0.113. The highest BCUT2D eigenvalue weighted by Crippen LogP contribution is 2.39. The highest BCUT2D eigenvalue weighted by Gasteiger charge is 2.34. The van der Waals surface area contributed by atoms with Crippen molar-refractivity contribution in [3.8, 4) is 5.75 Å². The molecule has 5 rings (SSSR count). The maximum atomic E-state index is 13.7. The fourth-order valence-corrected chi connectivity index (χ4v) is 4.98. The van der Waals surface area contributed by atoms with E-state index >= 15 is 0 Å². The third kappa shape index (κ3) is 3.88. The summed E-state index contributed by atoms with van der Waals surface area (Å²) >= 11 is 0. The average molecular weight is 441 g/mol. The molecule has 168 valence electrons. The van der Waals surface area contributed by atoms with Crippen LogP contribution in [0.1, 0.15) is 69.5 Å². The summed E-state index contributed by atoms with van der Waals surface area (Å²) in [6, 6.07) is 17.1. The number of nitrogens with one attached hydrogen (secondary N) is 2. The zero-order valence-corrected chi connectivity index (χ0v) is 19.0. The maximum absolute atomic E-state index is 13.7. The van der Waals surface area contributed by atoms with Gasteiger partial charge in [0.2, 0.25) is 0 Å². The Labute approximate surface area is 194 Å². The summed E-state index contributed by atoms with van der Waals surface area (Å²) in [6.45, 7) is 2.00. The molecule has 2 aliphatic carbocycles. The lowest BCUT2D eigenvalue weighted by Gasteiger charge is -2.28. The molecular formula is C28H28N2O3. The zero-order chi connectivity index (χ0) is 22.9. The second kappa shape index (κ2) is 8.74. The number of hydrogen-bond donors (Lipinski definition) is 2. The van der Waals surface area contributed by atoms with Crippen LogP contribution in [0, 0.1) is 6.92 Å². The molecule has 3 aromatic rings. The van der Waals surface area contributed by atoms with Gasteiger partial charge in [-0.15, -0.1) is 0 Å². The Morgan fingerprint density at radius 1 is 0.788 bits per heavy atom. The second-order valence-corrected chi connectivity index (χ2v) is 8.92. The van der Waals surface area contributed by atoms with Crippen LogP contribution in [-0.2, 0) is 0 Å². The van der Waals surface area contributed by atoms with Crippen LogP contribution in [0.3, 0.4) is 0 Å². The number of benzene rings is 3. The number of carbonyl (C=O) groups excluding carboxylic acids is 2. The first-order valence-corrected chi connectivity index (χ1v) is 11.6. The van der Waals surface area contributed by atoms with Crippen LogP contribution >= 0.6 is 0 Å².